The van der Waals surface area contributed by atoms with Gasteiger partial charge in [-0.2, -0.15) is 0 Å². The van der Waals surface area contributed by atoms with E-state index < -0.39 is 0 Å². The van der Waals surface area contributed by atoms with Crippen LogP contribution < -0.4 is 5.73 Å². The monoisotopic (exact) mass is 119 g/mol. The van der Waals surface area contributed by atoms with E-state index in [-0.39, 0.29) is 5.78 Å². The Morgan fingerprint density at radius 2 is 2.11 bits per heavy atom. The smallest absolute Gasteiger partial charge is 0.195 e. The SMILES string of the molecule is Nc1ccc2cc1C2=O. The van der Waals surface area contributed by atoms with E-state index in [1.54, 1.807) is 18.2 Å². The molecule has 2 bridgehead atoms. The lowest BCUT2D eigenvalue weighted by Gasteiger charge is -2.14. The summed E-state index contributed by atoms with van der Waals surface area (Å²) in [4.78, 5) is 10.8. The van der Waals surface area contributed by atoms with Crippen LogP contribution in [0.2, 0.25) is 0 Å². The predicted molar refractivity (Wildman–Crippen MR) is 34.3 cm³/mol. The molecule has 3 rings (SSSR count). The van der Waals surface area contributed by atoms with Gasteiger partial charge in [0, 0.05) is 16.8 Å². The van der Waals surface area contributed by atoms with Crippen molar-refractivity contribution in [2.24, 2.45) is 0 Å². The molecule has 1 aromatic carbocycles. The topological polar surface area (TPSA) is 43.1 Å². The lowest BCUT2D eigenvalue weighted by Crippen LogP contribution is -2.14. The number of nitrogen functional groups attached to an aromatic ring is 1. The quantitative estimate of drug-likeness (QED) is 0.521. The number of ketones is 1. The first-order valence-electron chi connectivity index (χ1n) is 2.73. The molecule has 2 aliphatic carbocycles. The highest BCUT2D eigenvalue weighted by molar-refractivity contribution is 6.19. The third-order valence-corrected chi connectivity index (χ3v) is 1.56. The van der Waals surface area contributed by atoms with Gasteiger partial charge in [0.25, 0.3) is 0 Å². The van der Waals surface area contributed by atoms with Gasteiger partial charge in [0.2, 0.25) is 0 Å². The Morgan fingerprint density at radius 1 is 1.33 bits per heavy atom. The first-order valence-corrected chi connectivity index (χ1v) is 2.73. The lowest BCUT2D eigenvalue weighted by atomic mass is 9.90. The zero-order valence-electron chi connectivity index (χ0n) is 4.72. The molecule has 2 heteroatoms. The van der Waals surface area contributed by atoms with Crippen molar-refractivity contribution in [2.75, 3.05) is 5.73 Å². The molecule has 0 saturated heterocycles. The molecule has 1 aromatic rings. The van der Waals surface area contributed by atoms with Crippen LogP contribution >= 0.6 is 0 Å². The average Bonchev–Trinajstić information content (AvgIpc) is 1.86. The van der Waals surface area contributed by atoms with Crippen molar-refractivity contribution in [3.8, 4) is 0 Å². The van der Waals surface area contributed by atoms with E-state index in [4.69, 9.17) is 5.73 Å². The normalized spacial score (nSPS) is 13.1. The molecule has 0 spiro atoms. The van der Waals surface area contributed by atoms with E-state index >= 15 is 0 Å². The summed E-state index contributed by atoms with van der Waals surface area (Å²) in [5.41, 5.74) is 7.48. The van der Waals surface area contributed by atoms with Crippen molar-refractivity contribution in [3.05, 3.63) is 29.3 Å². The molecule has 0 aromatic heterocycles. The maximum atomic E-state index is 10.8. The fourth-order valence-corrected chi connectivity index (χ4v) is 0.972. The van der Waals surface area contributed by atoms with E-state index in [9.17, 15) is 4.79 Å². The van der Waals surface area contributed by atoms with Crippen LogP contribution in [-0.4, -0.2) is 5.78 Å². The van der Waals surface area contributed by atoms with E-state index in [2.05, 4.69) is 0 Å². The van der Waals surface area contributed by atoms with Crippen LogP contribution in [0.4, 0.5) is 5.69 Å². The van der Waals surface area contributed by atoms with Crippen molar-refractivity contribution in [1.82, 2.24) is 0 Å². The van der Waals surface area contributed by atoms with Crippen LogP contribution in [0.3, 0.4) is 0 Å². The van der Waals surface area contributed by atoms with Crippen LogP contribution in [-0.2, 0) is 0 Å². The molecule has 0 amide bonds. The summed E-state index contributed by atoms with van der Waals surface area (Å²) in [7, 11) is 0. The van der Waals surface area contributed by atoms with Gasteiger partial charge in [-0.15, -0.1) is 0 Å². The second kappa shape index (κ2) is 1.16. The summed E-state index contributed by atoms with van der Waals surface area (Å²) in [5, 5.41) is 0. The maximum Gasteiger partial charge on any atom is 0.195 e. The molecule has 0 aliphatic heterocycles. The number of hydrogen-bond donors (Lipinski definition) is 1. The Bertz CT molecular complexity index is 287. The van der Waals surface area contributed by atoms with Gasteiger partial charge in [0.15, 0.2) is 5.78 Å². The molecule has 2 N–H and O–H groups in total. The third kappa shape index (κ3) is 0.380. The Balaban J connectivity index is 2.78. The highest BCUT2D eigenvalue weighted by Crippen LogP contribution is 2.26. The van der Waals surface area contributed by atoms with Crippen molar-refractivity contribution >= 4 is 11.5 Å². The molecule has 2 aliphatic rings. The van der Waals surface area contributed by atoms with Crippen molar-refractivity contribution in [2.45, 2.75) is 0 Å². The summed E-state index contributed by atoms with van der Waals surface area (Å²) in [5.74, 6) is 0.0926. The van der Waals surface area contributed by atoms with Gasteiger partial charge >= 0.3 is 0 Å². The molecule has 0 saturated carbocycles. The van der Waals surface area contributed by atoms with Gasteiger partial charge < -0.3 is 5.73 Å². The molecule has 0 unspecified atom stereocenters. The van der Waals surface area contributed by atoms with E-state index in [0.717, 1.165) is 5.56 Å². The van der Waals surface area contributed by atoms with Gasteiger partial charge in [0.05, 0.1) is 0 Å². The minimum atomic E-state index is 0.0926. The number of hydrogen-bond acceptors (Lipinski definition) is 2. The minimum Gasteiger partial charge on any atom is -0.398 e. The fourth-order valence-electron chi connectivity index (χ4n) is 0.972. The molecule has 0 radical (unpaired) electrons. The predicted octanol–water partition coefficient (Wildman–Crippen LogP) is 0.813. The van der Waals surface area contributed by atoms with Crippen molar-refractivity contribution in [1.29, 1.82) is 0 Å². The molecule has 0 heterocycles. The number of carbonyl (C=O) groups is 1. The van der Waals surface area contributed by atoms with Crippen molar-refractivity contribution in [3.63, 3.8) is 0 Å². The highest BCUT2D eigenvalue weighted by Gasteiger charge is 2.21. The first-order chi connectivity index (χ1) is 4.29. The first kappa shape index (κ1) is 4.56. The van der Waals surface area contributed by atoms with E-state index in [1.807, 2.05) is 0 Å². The van der Waals surface area contributed by atoms with Crippen LogP contribution in [0.25, 0.3) is 0 Å². The zero-order chi connectivity index (χ0) is 6.43. The number of anilines is 1. The highest BCUT2D eigenvalue weighted by atomic mass is 16.1. The number of nitrogens with two attached hydrogens (primary N) is 1. The Kier molecular flexibility index (Phi) is 0.585. The summed E-state index contributed by atoms with van der Waals surface area (Å²) < 4.78 is 0. The van der Waals surface area contributed by atoms with Gasteiger partial charge in [-0.3, -0.25) is 4.79 Å². The van der Waals surface area contributed by atoms with Gasteiger partial charge in [-0.05, 0) is 18.2 Å². The van der Waals surface area contributed by atoms with Gasteiger partial charge in [-0.1, -0.05) is 0 Å². The second-order valence-electron chi connectivity index (χ2n) is 2.13. The average molecular weight is 119 g/mol. The molecular weight excluding hydrogens is 114 g/mol. The molecule has 2 nitrogen and oxygen atoms in total. The van der Waals surface area contributed by atoms with Crippen LogP contribution in [0.15, 0.2) is 18.2 Å². The van der Waals surface area contributed by atoms with Crippen LogP contribution in [0.1, 0.15) is 15.9 Å². The largest absolute Gasteiger partial charge is 0.398 e. The number of rotatable bonds is 0. The standard InChI is InChI=1S/C7H5NO/c8-6-2-1-4-3-5(6)7(4)9/h1-3H,8H2. The number of fused-ring (bicyclic) bond motifs is 2. The number of benzene rings is 1. The lowest BCUT2D eigenvalue weighted by molar-refractivity contribution is 0.102. The summed E-state index contributed by atoms with van der Waals surface area (Å²) in [6.45, 7) is 0. The van der Waals surface area contributed by atoms with Gasteiger partial charge in [-0.25, -0.2) is 0 Å². The minimum absolute atomic E-state index is 0.0926. The van der Waals surface area contributed by atoms with Crippen LogP contribution in [0, 0.1) is 0 Å². The zero-order valence-corrected chi connectivity index (χ0v) is 4.72. The summed E-state index contributed by atoms with van der Waals surface area (Å²) >= 11 is 0. The van der Waals surface area contributed by atoms with E-state index in [1.165, 1.54) is 0 Å². The van der Waals surface area contributed by atoms with E-state index in [0.29, 0.717) is 11.3 Å². The summed E-state index contributed by atoms with van der Waals surface area (Å²) in [6, 6.07) is 5.30. The molecular formula is C7H5NO. The van der Waals surface area contributed by atoms with Crippen molar-refractivity contribution < 1.29 is 4.79 Å². The molecule has 44 valence electrons. The molecule has 0 atom stereocenters. The Hall–Kier alpha value is -1.31. The third-order valence-electron chi connectivity index (χ3n) is 1.56. The van der Waals surface area contributed by atoms with Crippen LogP contribution in [0.5, 0.6) is 0 Å². The second-order valence-corrected chi connectivity index (χ2v) is 2.13. The number of carbonyl (C=O) groups excluding carboxylic acids is 1. The Labute approximate surface area is 52.3 Å². The molecule has 9 heavy (non-hydrogen) atoms. The maximum absolute atomic E-state index is 10.8. The Morgan fingerprint density at radius 3 is 2.44 bits per heavy atom. The summed E-state index contributed by atoms with van der Waals surface area (Å²) in [6.07, 6.45) is 0. The molecule has 0 fully saturated rings. The van der Waals surface area contributed by atoms with Gasteiger partial charge in [0.1, 0.15) is 0 Å². The fraction of sp³-hybridized carbons (Fsp3) is 0.